The van der Waals surface area contributed by atoms with Crippen LogP contribution in [0.5, 0.6) is 0 Å². The molecule has 1 amide bonds. The van der Waals surface area contributed by atoms with E-state index >= 15 is 0 Å². The Balaban J connectivity index is 1.65. The van der Waals surface area contributed by atoms with E-state index in [1.807, 2.05) is 14.0 Å². The van der Waals surface area contributed by atoms with Gasteiger partial charge in [-0.05, 0) is 38.8 Å². The van der Waals surface area contributed by atoms with Crippen molar-refractivity contribution in [1.29, 1.82) is 0 Å². The molecule has 7 heteroatoms. The molecule has 1 aliphatic rings. The van der Waals surface area contributed by atoms with Gasteiger partial charge < -0.3 is 10.6 Å². The Morgan fingerprint density at radius 1 is 1.55 bits per heavy atom. The van der Waals surface area contributed by atoms with Gasteiger partial charge in [-0.15, -0.1) is 0 Å². The monoisotopic (exact) mass is 276 g/mol. The van der Waals surface area contributed by atoms with Crippen LogP contribution in [-0.4, -0.2) is 39.0 Å². The molecule has 3 rings (SSSR count). The molecule has 20 heavy (non-hydrogen) atoms. The van der Waals surface area contributed by atoms with Crippen LogP contribution in [0.15, 0.2) is 0 Å². The Bertz CT molecular complexity index is 622. The number of anilines is 1. The average Bonchev–Trinajstić information content (AvgIpc) is 3.09. The number of nitrogens with one attached hydrogen (secondary N) is 3. The van der Waals surface area contributed by atoms with Crippen molar-refractivity contribution in [3.63, 3.8) is 0 Å². The van der Waals surface area contributed by atoms with Crippen LogP contribution in [-0.2, 0) is 11.8 Å². The first-order chi connectivity index (χ1) is 9.65. The number of nitrogens with zero attached hydrogens (tertiary/aromatic N) is 3. The molecule has 0 bridgehead atoms. The number of fused-ring (bicyclic) bond motifs is 1. The molecule has 0 aromatic carbocycles. The fourth-order valence-electron chi connectivity index (χ4n) is 2.82. The number of carbonyl (C=O) groups is 1. The third-order valence-electron chi connectivity index (χ3n) is 3.92. The molecule has 1 saturated heterocycles. The van der Waals surface area contributed by atoms with Crippen LogP contribution in [0.4, 0.5) is 5.82 Å². The predicted octanol–water partition coefficient (Wildman–Crippen LogP) is 0.933. The Hall–Kier alpha value is -1.89. The van der Waals surface area contributed by atoms with Crippen LogP contribution >= 0.6 is 0 Å². The largest absolute Gasteiger partial charge is 0.316 e. The maximum atomic E-state index is 12.0. The van der Waals surface area contributed by atoms with Gasteiger partial charge in [0, 0.05) is 13.5 Å². The van der Waals surface area contributed by atoms with Crippen LogP contribution in [0.25, 0.3) is 11.0 Å². The van der Waals surface area contributed by atoms with Gasteiger partial charge in [0.25, 0.3) is 0 Å². The van der Waals surface area contributed by atoms with Crippen molar-refractivity contribution in [3.05, 3.63) is 5.69 Å². The van der Waals surface area contributed by atoms with Crippen LogP contribution in [0.2, 0.25) is 0 Å². The predicted molar refractivity (Wildman–Crippen MR) is 76.4 cm³/mol. The highest BCUT2D eigenvalue weighted by Gasteiger charge is 2.18. The maximum Gasteiger partial charge on any atom is 0.225 e. The van der Waals surface area contributed by atoms with E-state index in [2.05, 4.69) is 25.9 Å². The summed E-state index contributed by atoms with van der Waals surface area (Å²) in [6.07, 6.45) is 2.65. The summed E-state index contributed by atoms with van der Waals surface area (Å²) in [5, 5.41) is 18.5. The van der Waals surface area contributed by atoms with E-state index in [1.54, 1.807) is 4.68 Å². The minimum absolute atomic E-state index is 0.0331. The summed E-state index contributed by atoms with van der Waals surface area (Å²) in [7, 11) is 1.84. The molecular weight excluding hydrogens is 256 g/mol. The lowest BCUT2D eigenvalue weighted by Crippen LogP contribution is -2.15. The zero-order valence-electron chi connectivity index (χ0n) is 11.9. The summed E-state index contributed by atoms with van der Waals surface area (Å²) in [5.74, 6) is 1.31. The number of hydrogen-bond acceptors (Lipinski definition) is 4. The molecule has 0 radical (unpaired) electrons. The number of aromatic nitrogens is 4. The standard InChI is InChI=1S/C13H20N6O/c1-8-11-12(16-17-13(11)19(2)18-8)15-10(20)4-3-9-5-6-14-7-9/h9,14H,3-7H2,1-2H3,(H2,15,16,17,20). The second kappa shape index (κ2) is 5.24. The Kier molecular flexibility index (Phi) is 3.43. The molecular formula is C13H20N6O. The van der Waals surface area contributed by atoms with Gasteiger partial charge >= 0.3 is 0 Å². The van der Waals surface area contributed by atoms with Crippen molar-refractivity contribution < 1.29 is 4.79 Å². The van der Waals surface area contributed by atoms with Gasteiger partial charge in [-0.1, -0.05) is 0 Å². The molecule has 1 unspecified atom stereocenters. The molecule has 2 aromatic rings. The van der Waals surface area contributed by atoms with Gasteiger partial charge in [-0.2, -0.15) is 10.2 Å². The van der Waals surface area contributed by atoms with Gasteiger partial charge in [-0.25, -0.2) is 4.68 Å². The molecule has 3 N–H and O–H groups in total. The first-order valence-corrected chi connectivity index (χ1v) is 7.03. The van der Waals surface area contributed by atoms with Gasteiger partial charge in [0.05, 0.1) is 11.1 Å². The number of aryl methyl sites for hydroxylation is 2. The van der Waals surface area contributed by atoms with Gasteiger partial charge in [-0.3, -0.25) is 9.89 Å². The SMILES string of the molecule is Cc1nn(C)c2n[nH]c(NC(=O)CCC3CCNC3)c12. The minimum atomic E-state index is 0.0331. The molecule has 1 fully saturated rings. The third-order valence-corrected chi connectivity index (χ3v) is 3.92. The third kappa shape index (κ3) is 2.40. The van der Waals surface area contributed by atoms with E-state index in [0.717, 1.165) is 36.2 Å². The highest BCUT2D eigenvalue weighted by atomic mass is 16.1. The fourth-order valence-corrected chi connectivity index (χ4v) is 2.82. The molecule has 0 saturated carbocycles. The van der Waals surface area contributed by atoms with Crippen molar-refractivity contribution in [3.8, 4) is 0 Å². The van der Waals surface area contributed by atoms with Crippen molar-refractivity contribution in [1.82, 2.24) is 25.3 Å². The van der Waals surface area contributed by atoms with Crippen LogP contribution in [0.3, 0.4) is 0 Å². The smallest absolute Gasteiger partial charge is 0.225 e. The molecule has 7 nitrogen and oxygen atoms in total. The van der Waals surface area contributed by atoms with E-state index in [4.69, 9.17) is 0 Å². The minimum Gasteiger partial charge on any atom is -0.316 e. The summed E-state index contributed by atoms with van der Waals surface area (Å²) in [4.78, 5) is 12.0. The molecule has 108 valence electrons. The lowest BCUT2D eigenvalue weighted by atomic mass is 10.0. The average molecular weight is 276 g/mol. The first-order valence-electron chi connectivity index (χ1n) is 7.03. The Morgan fingerprint density at radius 2 is 2.40 bits per heavy atom. The Labute approximate surface area is 117 Å². The summed E-state index contributed by atoms with van der Waals surface area (Å²) in [6.45, 7) is 4.02. The van der Waals surface area contributed by atoms with Crippen LogP contribution < -0.4 is 10.6 Å². The number of H-pyrrole nitrogens is 1. The van der Waals surface area contributed by atoms with E-state index in [9.17, 15) is 4.79 Å². The maximum absolute atomic E-state index is 12.0. The molecule has 2 aromatic heterocycles. The molecule has 0 spiro atoms. The highest BCUT2D eigenvalue weighted by molar-refractivity contribution is 5.99. The van der Waals surface area contributed by atoms with E-state index < -0.39 is 0 Å². The van der Waals surface area contributed by atoms with Crippen molar-refractivity contribution in [2.75, 3.05) is 18.4 Å². The highest BCUT2D eigenvalue weighted by Crippen LogP contribution is 2.23. The number of amides is 1. The molecule has 1 atom stereocenters. The number of hydrogen-bond donors (Lipinski definition) is 3. The summed E-state index contributed by atoms with van der Waals surface area (Å²) >= 11 is 0. The lowest BCUT2D eigenvalue weighted by Gasteiger charge is -2.07. The van der Waals surface area contributed by atoms with Crippen LogP contribution in [0, 0.1) is 12.8 Å². The topological polar surface area (TPSA) is 87.6 Å². The van der Waals surface area contributed by atoms with E-state index in [0.29, 0.717) is 18.2 Å². The van der Waals surface area contributed by atoms with E-state index in [1.165, 1.54) is 6.42 Å². The number of aromatic amines is 1. The zero-order valence-corrected chi connectivity index (χ0v) is 11.9. The second-order valence-corrected chi connectivity index (χ2v) is 5.45. The normalized spacial score (nSPS) is 18.8. The molecule has 1 aliphatic heterocycles. The van der Waals surface area contributed by atoms with Gasteiger partial charge in [0.2, 0.25) is 5.91 Å². The molecule has 0 aliphatic carbocycles. The fraction of sp³-hybridized carbons (Fsp3) is 0.615. The second-order valence-electron chi connectivity index (χ2n) is 5.45. The first kappa shape index (κ1) is 13.1. The number of carbonyl (C=O) groups excluding carboxylic acids is 1. The molecule has 3 heterocycles. The van der Waals surface area contributed by atoms with Crippen LogP contribution in [0.1, 0.15) is 25.0 Å². The Morgan fingerprint density at radius 3 is 3.15 bits per heavy atom. The lowest BCUT2D eigenvalue weighted by molar-refractivity contribution is -0.116. The summed E-state index contributed by atoms with van der Waals surface area (Å²) < 4.78 is 1.71. The van der Waals surface area contributed by atoms with Gasteiger partial charge in [0.1, 0.15) is 5.82 Å². The van der Waals surface area contributed by atoms with Crippen molar-refractivity contribution in [2.24, 2.45) is 13.0 Å². The zero-order chi connectivity index (χ0) is 14.1. The van der Waals surface area contributed by atoms with Gasteiger partial charge in [0.15, 0.2) is 5.65 Å². The summed E-state index contributed by atoms with van der Waals surface area (Å²) in [5.41, 5.74) is 1.63. The van der Waals surface area contributed by atoms with Crippen molar-refractivity contribution in [2.45, 2.75) is 26.2 Å². The number of rotatable bonds is 4. The van der Waals surface area contributed by atoms with Crippen molar-refractivity contribution >= 4 is 22.8 Å². The van der Waals surface area contributed by atoms with E-state index in [-0.39, 0.29) is 5.91 Å². The quantitative estimate of drug-likeness (QED) is 0.775. The summed E-state index contributed by atoms with van der Waals surface area (Å²) in [6, 6.07) is 0.